The van der Waals surface area contributed by atoms with Gasteiger partial charge in [-0.2, -0.15) is 0 Å². The molecule has 0 spiro atoms. The Morgan fingerprint density at radius 1 is 0.433 bits per heavy atom. The Morgan fingerprint density at radius 3 is 1.13 bits per heavy atom. The Bertz CT molecular complexity index is 927. The summed E-state index contributed by atoms with van der Waals surface area (Å²) in [5, 5.41) is 0. The lowest BCUT2D eigenvalue weighted by Crippen LogP contribution is -2.33. The lowest BCUT2D eigenvalue weighted by atomic mass is 10.1. The van der Waals surface area contributed by atoms with E-state index in [2.05, 4.69) is 68.2 Å². The van der Waals surface area contributed by atoms with Gasteiger partial charge >= 0.3 is 0 Å². The van der Waals surface area contributed by atoms with Gasteiger partial charge in [0.05, 0.1) is 0 Å². The summed E-state index contributed by atoms with van der Waals surface area (Å²) in [5.41, 5.74) is 4.90. The topological polar surface area (TPSA) is 33.5 Å². The van der Waals surface area contributed by atoms with Gasteiger partial charge in [-0.3, -0.25) is 9.97 Å². The molecule has 0 saturated carbocycles. The molecule has 0 fully saturated rings. The minimum atomic E-state index is 1.07. The molecule has 0 radical (unpaired) electrons. The van der Waals surface area contributed by atoms with Crippen molar-refractivity contribution in [2.45, 2.75) is 38.8 Å². The maximum Gasteiger partial charge on any atom is 0.169 e. The van der Waals surface area contributed by atoms with E-state index in [-0.39, 0.29) is 0 Å². The molecule has 4 heterocycles. The second-order valence-electron chi connectivity index (χ2n) is 7.54. The molecule has 0 aromatic carbocycles. The van der Waals surface area contributed by atoms with Crippen LogP contribution in [0.25, 0.3) is 22.3 Å². The quantitative estimate of drug-likeness (QED) is 0.305. The molecule has 4 aromatic rings. The first kappa shape index (κ1) is 19.9. The minimum Gasteiger partial charge on any atom is -0.265 e. The van der Waals surface area contributed by atoms with E-state index in [1.807, 2.05) is 49.1 Å². The number of nitrogens with zero attached hydrogens (tertiary/aromatic N) is 4. The summed E-state index contributed by atoms with van der Waals surface area (Å²) in [4.78, 5) is 8.16. The van der Waals surface area contributed by atoms with Gasteiger partial charge < -0.3 is 0 Å². The zero-order chi connectivity index (χ0) is 20.4. The second kappa shape index (κ2) is 10.4. The Hall–Kier alpha value is -3.40. The summed E-state index contributed by atoms with van der Waals surface area (Å²) in [6, 6.07) is 16.9. The summed E-state index contributed by atoms with van der Waals surface area (Å²) >= 11 is 0. The third-order valence-corrected chi connectivity index (χ3v) is 5.39. The van der Waals surface area contributed by atoms with Crippen molar-refractivity contribution >= 4 is 0 Å². The normalized spacial score (nSPS) is 10.8. The van der Waals surface area contributed by atoms with Crippen LogP contribution in [-0.2, 0) is 13.1 Å². The van der Waals surface area contributed by atoms with Gasteiger partial charge in [0.1, 0.15) is 13.1 Å². The lowest BCUT2D eigenvalue weighted by Gasteiger charge is -2.02. The number of unbranched alkanes of at least 4 members (excludes halogenated alkanes) is 3. The van der Waals surface area contributed by atoms with E-state index in [0.29, 0.717) is 0 Å². The van der Waals surface area contributed by atoms with E-state index in [1.165, 1.54) is 47.9 Å². The molecule has 4 nitrogen and oxygen atoms in total. The predicted octanol–water partition coefficient (Wildman–Crippen LogP) is 4.65. The van der Waals surface area contributed by atoms with Crippen LogP contribution in [0.3, 0.4) is 0 Å². The van der Waals surface area contributed by atoms with Gasteiger partial charge in [-0.15, -0.1) is 0 Å². The zero-order valence-electron chi connectivity index (χ0n) is 17.3. The molecule has 0 aliphatic heterocycles. The summed E-state index contributed by atoms with van der Waals surface area (Å²) in [6.45, 7) is 2.15. The molecule has 4 rings (SSSR count). The standard InChI is InChI=1S/C26H28N4/c1(3-17-29-19-9-25(10-20-29)23-5-13-27-14-6-23)2-4-18-30-21-11-26(12-22-30)24-7-15-28-16-8-24/h5-16,19-22H,1-4,17-18H2/q+2. The van der Waals surface area contributed by atoms with Crippen LogP contribution in [-0.4, -0.2) is 9.97 Å². The van der Waals surface area contributed by atoms with Crippen LogP contribution in [0.15, 0.2) is 98.1 Å². The maximum absolute atomic E-state index is 4.08. The molecule has 0 amide bonds. The molecule has 4 aromatic heterocycles. The van der Waals surface area contributed by atoms with Crippen LogP contribution >= 0.6 is 0 Å². The maximum atomic E-state index is 4.08. The summed E-state index contributed by atoms with van der Waals surface area (Å²) in [6.07, 6.45) is 21.0. The first-order valence-corrected chi connectivity index (χ1v) is 10.7. The predicted molar refractivity (Wildman–Crippen MR) is 118 cm³/mol. The highest BCUT2D eigenvalue weighted by molar-refractivity contribution is 5.61. The van der Waals surface area contributed by atoms with E-state index in [4.69, 9.17) is 0 Å². The van der Waals surface area contributed by atoms with Gasteiger partial charge in [-0.25, -0.2) is 9.13 Å². The number of hydrogen-bond acceptors (Lipinski definition) is 2. The number of aryl methyl sites for hydroxylation is 2. The average Bonchev–Trinajstić information content (AvgIpc) is 2.83. The van der Waals surface area contributed by atoms with E-state index in [9.17, 15) is 0 Å². The number of rotatable bonds is 9. The molecule has 0 N–H and O–H groups in total. The summed E-state index contributed by atoms with van der Waals surface area (Å²) in [7, 11) is 0. The van der Waals surface area contributed by atoms with Gasteiger partial charge in [0.15, 0.2) is 24.8 Å². The zero-order valence-corrected chi connectivity index (χ0v) is 17.3. The van der Waals surface area contributed by atoms with Crippen LogP contribution in [0.2, 0.25) is 0 Å². The third kappa shape index (κ3) is 5.57. The van der Waals surface area contributed by atoms with Crippen LogP contribution in [0.1, 0.15) is 25.7 Å². The van der Waals surface area contributed by atoms with Gasteiger partial charge in [-0.1, -0.05) is 0 Å². The molecule has 30 heavy (non-hydrogen) atoms. The highest BCUT2D eigenvalue weighted by Gasteiger charge is 2.05. The van der Waals surface area contributed by atoms with Crippen LogP contribution in [0.4, 0.5) is 0 Å². The largest absolute Gasteiger partial charge is 0.265 e. The first-order valence-electron chi connectivity index (χ1n) is 10.7. The monoisotopic (exact) mass is 396 g/mol. The van der Waals surface area contributed by atoms with Crippen molar-refractivity contribution in [1.82, 2.24) is 9.97 Å². The fourth-order valence-electron chi connectivity index (χ4n) is 3.63. The molecular weight excluding hydrogens is 368 g/mol. The fraction of sp³-hybridized carbons (Fsp3) is 0.231. The Kier molecular flexibility index (Phi) is 6.90. The number of pyridine rings is 4. The lowest BCUT2D eigenvalue weighted by molar-refractivity contribution is -0.698. The van der Waals surface area contributed by atoms with E-state index in [0.717, 1.165) is 13.1 Å². The molecule has 4 heteroatoms. The molecular formula is C26H28N4+2. The van der Waals surface area contributed by atoms with Crippen molar-refractivity contribution in [2.24, 2.45) is 0 Å². The fourth-order valence-corrected chi connectivity index (χ4v) is 3.63. The SMILES string of the molecule is c1cc(-c2cc[n+](CCCCCC[n+]3ccc(-c4ccncc4)cc3)cc2)ccn1. The van der Waals surface area contributed by atoms with Gasteiger partial charge in [0.2, 0.25) is 0 Å². The Labute approximate surface area is 178 Å². The van der Waals surface area contributed by atoms with Crippen molar-refractivity contribution < 1.29 is 9.13 Å². The Balaban J connectivity index is 1.15. The highest BCUT2D eigenvalue weighted by Crippen LogP contribution is 2.16. The molecule has 0 atom stereocenters. The molecule has 0 bridgehead atoms. The molecule has 0 aliphatic rings. The van der Waals surface area contributed by atoms with E-state index < -0.39 is 0 Å². The first-order chi connectivity index (χ1) is 14.9. The van der Waals surface area contributed by atoms with E-state index >= 15 is 0 Å². The van der Waals surface area contributed by atoms with Crippen LogP contribution in [0.5, 0.6) is 0 Å². The molecule has 0 aliphatic carbocycles. The Morgan fingerprint density at radius 2 is 0.767 bits per heavy atom. The third-order valence-electron chi connectivity index (χ3n) is 5.39. The van der Waals surface area contributed by atoms with Crippen molar-refractivity contribution in [3.8, 4) is 22.3 Å². The van der Waals surface area contributed by atoms with Gasteiger partial charge in [-0.05, 0) is 59.4 Å². The van der Waals surface area contributed by atoms with Crippen molar-refractivity contribution in [3.63, 3.8) is 0 Å². The van der Waals surface area contributed by atoms with Crippen molar-refractivity contribution in [1.29, 1.82) is 0 Å². The number of hydrogen-bond donors (Lipinski definition) is 0. The highest BCUT2D eigenvalue weighted by atomic mass is 14.9. The van der Waals surface area contributed by atoms with Gasteiger partial charge in [0.25, 0.3) is 0 Å². The molecule has 0 saturated heterocycles. The second-order valence-corrected chi connectivity index (χ2v) is 7.54. The average molecular weight is 397 g/mol. The smallest absolute Gasteiger partial charge is 0.169 e. The number of aromatic nitrogens is 4. The minimum absolute atomic E-state index is 1.07. The van der Waals surface area contributed by atoms with Crippen molar-refractivity contribution in [2.75, 3.05) is 0 Å². The van der Waals surface area contributed by atoms with Crippen LogP contribution in [0, 0.1) is 0 Å². The molecule has 150 valence electrons. The van der Waals surface area contributed by atoms with Gasteiger partial charge in [0, 0.05) is 61.9 Å². The summed E-state index contributed by atoms with van der Waals surface area (Å²) < 4.78 is 4.55. The summed E-state index contributed by atoms with van der Waals surface area (Å²) in [5.74, 6) is 0. The van der Waals surface area contributed by atoms with Crippen molar-refractivity contribution in [3.05, 3.63) is 98.1 Å². The van der Waals surface area contributed by atoms with E-state index in [1.54, 1.807) is 0 Å². The van der Waals surface area contributed by atoms with Crippen LogP contribution < -0.4 is 9.13 Å². The molecule has 0 unspecified atom stereocenters.